The molecular formula is C23H23N3O4S. The van der Waals surface area contributed by atoms with E-state index in [9.17, 15) is 13.2 Å². The van der Waals surface area contributed by atoms with Crippen molar-refractivity contribution in [1.82, 2.24) is 4.98 Å². The van der Waals surface area contributed by atoms with Crippen molar-refractivity contribution >= 4 is 27.3 Å². The molecule has 31 heavy (non-hydrogen) atoms. The highest BCUT2D eigenvalue weighted by molar-refractivity contribution is 7.92. The van der Waals surface area contributed by atoms with Crippen LogP contribution in [-0.4, -0.2) is 38.2 Å². The first kappa shape index (κ1) is 20.9. The van der Waals surface area contributed by atoms with Crippen LogP contribution in [0.5, 0.6) is 5.75 Å². The van der Waals surface area contributed by atoms with Gasteiger partial charge in [0.25, 0.3) is 5.91 Å². The predicted molar refractivity (Wildman–Crippen MR) is 120 cm³/mol. The third-order valence-electron chi connectivity index (χ3n) is 5.06. The molecule has 4 rings (SSSR count). The maximum Gasteiger partial charge on any atom is 0.267 e. The van der Waals surface area contributed by atoms with Crippen LogP contribution in [0.2, 0.25) is 0 Å². The maximum absolute atomic E-state index is 12.8. The van der Waals surface area contributed by atoms with Gasteiger partial charge in [0.05, 0.1) is 18.5 Å². The number of nitrogens with one attached hydrogen (secondary N) is 1. The van der Waals surface area contributed by atoms with E-state index in [1.807, 2.05) is 49.4 Å². The zero-order valence-electron chi connectivity index (χ0n) is 17.3. The molecule has 1 aromatic heterocycles. The van der Waals surface area contributed by atoms with Crippen molar-refractivity contribution < 1.29 is 17.9 Å². The summed E-state index contributed by atoms with van der Waals surface area (Å²) in [6.45, 7) is 1.79. The topological polar surface area (TPSA) is 88.6 Å². The van der Waals surface area contributed by atoms with Crippen molar-refractivity contribution in [2.24, 2.45) is 0 Å². The zero-order valence-corrected chi connectivity index (χ0v) is 18.1. The Bertz CT molecular complexity index is 1200. The number of hydrogen-bond donors (Lipinski definition) is 1. The van der Waals surface area contributed by atoms with E-state index >= 15 is 0 Å². The summed E-state index contributed by atoms with van der Waals surface area (Å²) in [6, 6.07) is 16.7. The molecule has 1 amide bonds. The average Bonchev–Trinajstić information content (AvgIpc) is 2.74. The molecule has 0 fully saturated rings. The molecule has 160 valence electrons. The fourth-order valence-electron chi connectivity index (χ4n) is 3.48. The number of pyridine rings is 1. The fraction of sp³-hybridized carbons (Fsp3) is 0.217. The Morgan fingerprint density at radius 1 is 1.10 bits per heavy atom. The minimum absolute atomic E-state index is 0.0821. The van der Waals surface area contributed by atoms with Crippen LogP contribution in [0.15, 0.2) is 67.0 Å². The number of benzene rings is 2. The molecule has 8 heteroatoms. The molecular weight excluding hydrogens is 414 g/mol. The van der Waals surface area contributed by atoms with Gasteiger partial charge in [0.1, 0.15) is 5.75 Å². The number of fused-ring (bicyclic) bond motifs is 1. The summed E-state index contributed by atoms with van der Waals surface area (Å²) in [6.07, 6.45) is 4.45. The SMILES string of the molecule is Cc1ccc2c(c1)N(S(C)(=O)=O)C[C@@H](C(=O)Nc1ccc(Cc3ccncc3)cc1)O2. The predicted octanol–water partition coefficient (Wildman–Crippen LogP) is 3.15. The lowest BCUT2D eigenvalue weighted by Crippen LogP contribution is -2.48. The van der Waals surface area contributed by atoms with Crippen LogP contribution in [0.4, 0.5) is 11.4 Å². The van der Waals surface area contributed by atoms with Crippen molar-refractivity contribution in [3.05, 3.63) is 83.7 Å². The number of sulfonamides is 1. The number of aromatic nitrogens is 1. The summed E-state index contributed by atoms with van der Waals surface area (Å²) in [5.41, 5.74) is 4.23. The third kappa shape index (κ3) is 4.86. The van der Waals surface area contributed by atoms with E-state index in [2.05, 4.69) is 10.3 Å². The molecule has 1 aliphatic heterocycles. The molecule has 7 nitrogen and oxygen atoms in total. The molecule has 2 heterocycles. The van der Waals surface area contributed by atoms with Gasteiger partial charge in [0, 0.05) is 18.1 Å². The van der Waals surface area contributed by atoms with Crippen molar-refractivity contribution in [3.8, 4) is 5.75 Å². The first-order chi connectivity index (χ1) is 14.8. The van der Waals surface area contributed by atoms with Crippen LogP contribution in [-0.2, 0) is 21.2 Å². The van der Waals surface area contributed by atoms with Crippen LogP contribution in [0, 0.1) is 6.92 Å². The van der Waals surface area contributed by atoms with Gasteiger partial charge in [-0.25, -0.2) is 8.42 Å². The highest BCUT2D eigenvalue weighted by atomic mass is 32.2. The van der Waals surface area contributed by atoms with Crippen LogP contribution >= 0.6 is 0 Å². The van der Waals surface area contributed by atoms with Gasteiger partial charge in [0.2, 0.25) is 10.0 Å². The van der Waals surface area contributed by atoms with E-state index in [0.717, 1.165) is 29.4 Å². The van der Waals surface area contributed by atoms with Gasteiger partial charge >= 0.3 is 0 Å². The Hall–Kier alpha value is -3.39. The number of amides is 1. The second-order valence-corrected chi connectivity index (χ2v) is 9.50. The Morgan fingerprint density at radius 3 is 2.45 bits per heavy atom. The molecule has 1 N–H and O–H groups in total. The minimum Gasteiger partial charge on any atom is -0.476 e. The van der Waals surface area contributed by atoms with E-state index in [-0.39, 0.29) is 6.54 Å². The highest BCUT2D eigenvalue weighted by Crippen LogP contribution is 2.36. The molecule has 0 spiro atoms. The lowest BCUT2D eigenvalue weighted by atomic mass is 10.1. The summed E-state index contributed by atoms with van der Waals surface area (Å²) in [7, 11) is -3.56. The van der Waals surface area contributed by atoms with Crippen LogP contribution in [0.3, 0.4) is 0 Å². The number of carbonyl (C=O) groups is 1. The fourth-order valence-corrected chi connectivity index (χ4v) is 4.38. The number of anilines is 2. The molecule has 3 aromatic rings. The van der Waals surface area contributed by atoms with E-state index in [1.165, 1.54) is 4.31 Å². The van der Waals surface area contributed by atoms with E-state index in [1.54, 1.807) is 24.5 Å². The van der Waals surface area contributed by atoms with Gasteiger partial charge in [0.15, 0.2) is 6.10 Å². The molecule has 0 saturated heterocycles. The number of nitrogens with zero attached hydrogens (tertiary/aromatic N) is 2. The first-order valence-corrected chi connectivity index (χ1v) is 11.7. The molecule has 0 saturated carbocycles. The normalized spacial score (nSPS) is 15.7. The summed E-state index contributed by atoms with van der Waals surface area (Å²) < 4.78 is 31.7. The number of aryl methyl sites for hydroxylation is 1. The summed E-state index contributed by atoms with van der Waals surface area (Å²) in [5, 5.41) is 2.82. The number of hydrogen-bond acceptors (Lipinski definition) is 5. The van der Waals surface area contributed by atoms with E-state index < -0.39 is 22.0 Å². The Kier molecular flexibility index (Phi) is 5.65. The Labute approximate surface area is 181 Å². The van der Waals surface area contributed by atoms with Gasteiger partial charge in [-0.1, -0.05) is 18.2 Å². The smallest absolute Gasteiger partial charge is 0.267 e. The maximum atomic E-state index is 12.8. The number of rotatable bonds is 5. The quantitative estimate of drug-likeness (QED) is 0.662. The Morgan fingerprint density at radius 2 is 1.77 bits per heavy atom. The molecule has 2 aromatic carbocycles. The summed E-state index contributed by atoms with van der Waals surface area (Å²) in [4.78, 5) is 16.8. The van der Waals surface area contributed by atoms with Crippen LogP contribution in [0.1, 0.15) is 16.7 Å². The lowest BCUT2D eigenvalue weighted by Gasteiger charge is -2.34. The molecule has 0 unspecified atom stereocenters. The second-order valence-electron chi connectivity index (χ2n) is 7.59. The highest BCUT2D eigenvalue weighted by Gasteiger charge is 2.35. The van der Waals surface area contributed by atoms with Gasteiger partial charge < -0.3 is 10.1 Å². The first-order valence-electron chi connectivity index (χ1n) is 9.83. The molecule has 1 aliphatic rings. The number of carbonyl (C=O) groups excluding carboxylic acids is 1. The zero-order chi connectivity index (χ0) is 22.0. The van der Waals surface area contributed by atoms with Gasteiger partial charge in [-0.2, -0.15) is 0 Å². The average molecular weight is 438 g/mol. The van der Waals surface area contributed by atoms with Crippen LogP contribution in [0.25, 0.3) is 0 Å². The third-order valence-corrected chi connectivity index (χ3v) is 6.20. The van der Waals surface area contributed by atoms with Gasteiger partial charge in [-0.3, -0.25) is 14.1 Å². The standard InChI is InChI=1S/C23H23N3O4S/c1-16-3-8-21-20(13-16)26(31(2,28)29)15-22(30-21)23(27)25-19-6-4-17(5-7-19)14-18-9-11-24-12-10-18/h3-13,22H,14-15H2,1-2H3,(H,25,27)/t22-/m0/s1. The Balaban J connectivity index is 1.48. The summed E-state index contributed by atoms with van der Waals surface area (Å²) >= 11 is 0. The van der Waals surface area contributed by atoms with E-state index in [0.29, 0.717) is 17.1 Å². The molecule has 0 bridgehead atoms. The largest absolute Gasteiger partial charge is 0.476 e. The minimum atomic E-state index is -3.56. The summed E-state index contributed by atoms with van der Waals surface area (Å²) in [5.74, 6) is -0.0307. The van der Waals surface area contributed by atoms with Crippen molar-refractivity contribution in [3.63, 3.8) is 0 Å². The monoisotopic (exact) mass is 437 g/mol. The lowest BCUT2D eigenvalue weighted by molar-refractivity contribution is -0.122. The van der Waals surface area contributed by atoms with Crippen LogP contribution < -0.4 is 14.4 Å². The van der Waals surface area contributed by atoms with Crippen molar-refractivity contribution in [1.29, 1.82) is 0 Å². The van der Waals surface area contributed by atoms with E-state index in [4.69, 9.17) is 4.74 Å². The number of ether oxygens (including phenoxy) is 1. The van der Waals surface area contributed by atoms with Gasteiger partial charge in [-0.05, 0) is 66.4 Å². The molecule has 1 atom stereocenters. The molecule has 0 aliphatic carbocycles. The van der Waals surface area contributed by atoms with Gasteiger partial charge in [-0.15, -0.1) is 0 Å². The molecule has 0 radical (unpaired) electrons. The van der Waals surface area contributed by atoms with Crippen molar-refractivity contribution in [2.45, 2.75) is 19.4 Å². The van der Waals surface area contributed by atoms with Crippen molar-refractivity contribution in [2.75, 3.05) is 22.4 Å². The second kappa shape index (κ2) is 8.39.